The summed E-state index contributed by atoms with van der Waals surface area (Å²) in [5, 5.41) is 17.0. The van der Waals surface area contributed by atoms with Gasteiger partial charge < -0.3 is 10.2 Å². The van der Waals surface area contributed by atoms with Crippen molar-refractivity contribution >= 4 is 11.9 Å². The van der Waals surface area contributed by atoms with Gasteiger partial charge in [0.15, 0.2) is 0 Å². The number of hydrogen-bond acceptors (Lipinski definition) is 2. The average molecular weight is 198 g/mol. The molecule has 1 atom stereocenters. The van der Waals surface area contributed by atoms with E-state index in [0.29, 0.717) is 6.42 Å². The molecule has 0 saturated carbocycles. The Morgan fingerprint density at radius 1 is 1.36 bits per heavy atom. The van der Waals surface area contributed by atoms with Gasteiger partial charge in [-0.25, -0.2) is 4.79 Å². The first-order chi connectivity index (χ1) is 6.45. The van der Waals surface area contributed by atoms with E-state index in [0.717, 1.165) is 0 Å². The van der Waals surface area contributed by atoms with Crippen LogP contribution in [0, 0.1) is 5.92 Å². The van der Waals surface area contributed by atoms with E-state index in [9.17, 15) is 9.59 Å². The fourth-order valence-electron chi connectivity index (χ4n) is 0.667. The van der Waals surface area contributed by atoms with Gasteiger partial charge in [-0.05, 0) is 13.3 Å². The van der Waals surface area contributed by atoms with Crippen molar-refractivity contribution in [2.75, 3.05) is 0 Å². The standard InChI is InChI=1S/C10H14O4/c1-7(9(11)12)5-3-4-6-8(2)10(13)14/h3-5,8H,6H2,1-2H3,(H,11,12)(H,13,14). The van der Waals surface area contributed by atoms with Crippen molar-refractivity contribution < 1.29 is 19.8 Å². The average Bonchev–Trinajstić information content (AvgIpc) is 2.11. The fraction of sp³-hybridized carbons (Fsp3) is 0.400. The molecule has 0 rings (SSSR count). The lowest BCUT2D eigenvalue weighted by Gasteiger charge is -1.99. The van der Waals surface area contributed by atoms with Crippen molar-refractivity contribution in [2.45, 2.75) is 20.3 Å². The Labute approximate surface area is 82.6 Å². The Bertz CT molecular complexity index is 276. The lowest BCUT2D eigenvalue weighted by Crippen LogP contribution is -2.07. The quantitative estimate of drug-likeness (QED) is 0.520. The van der Waals surface area contributed by atoms with E-state index in [4.69, 9.17) is 10.2 Å². The molecule has 78 valence electrons. The number of allylic oxidation sites excluding steroid dienone is 3. The summed E-state index contributed by atoms with van der Waals surface area (Å²) in [7, 11) is 0. The Kier molecular flexibility index (Phi) is 5.29. The van der Waals surface area contributed by atoms with Crippen LogP contribution in [0.2, 0.25) is 0 Å². The highest BCUT2D eigenvalue weighted by Gasteiger charge is 2.07. The van der Waals surface area contributed by atoms with Crippen LogP contribution in [-0.4, -0.2) is 22.2 Å². The zero-order valence-corrected chi connectivity index (χ0v) is 8.23. The van der Waals surface area contributed by atoms with Crippen LogP contribution in [0.5, 0.6) is 0 Å². The molecule has 0 aromatic carbocycles. The number of carboxylic acid groups (broad SMARTS) is 2. The van der Waals surface area contributed by atoms with E-state index in [-0.39, 0.29) is 5.57 Å². The maximum absolute atomic E-state index is 10.4. The molecule has 0 aliphatic heterocycles. The number of hydrogen-bond donors (Lipinski definition) is 2. The highest BCUT2D eigenvalue weighted by atomic mass is 16.4. The van der Waals surface area contributed by atoms with Gasteiger partial charge in [0.2, 0.25) is 0 Å². The van der Waals surface area contributed by atoms with Crippen molar-refractivity contribution in [1.82, 2.24) is 0 Å². The summed E-state index contributed by atoms with van der Waals surface area (Å²) in [5.41, 5.74) is 0.226. The van der Waals surface area contributed by atoms with E-state index in [1.165, 1.54) is 13.0 Å². The topological polar surface area (TPSA) is 74.6 Å². The van der Waals surface area contributed by atoms with Gasteiger partial charge in [-0.3, -0.25) is 4.79 Å². The van der Waals surface area contributed by atoms with Crippen LogP contribution in [0.25, 0.3) is 0 Å². The summed E-state index contributed by atoms with van der Waals surface area (Å²) in [6.45, 7) is 3.08. The molecule has 0 heterocycles. The summed E-state index contributed by atoms with van der Waals surface area (Å²) in [4.78, 5) is 20.7. The van der Waals surface area contributed by atoms with Crippen LogP contribution in [0.15, 0.2) is 23.8 Å². The molecule has 0 aliphatic carbocycles. The van der Waals surface area contributed by atoms with Gasteiger partial charge in [0, 0.05) is 5.57 Å². The van der Waals surface area contributed by atoms with Gasteiger partial charge in [0.05, 0.1) is 5.92 Å². The smallest absolute Gasteiger partial charge is 0.331 e. The Morgan fingerprint density at radius 2 is 1.93 bits per heavy atom. The van der Waals surface area contributed by atoms with Crippen LogP contribution in [0.4, 0.5) is 0 Å². The minimum atomic E-state index is -0.971. The molecule has 14 heavy (non-hydrogen) atoms. The van der Waals surface area contributed by atoms with E-state index < -0.39 is 17.9 Å². The van der Waals surface area contributed by atoms with E-state index in [1.807, 2.05) is 0 Å². The van der Waals surface area contributed by atoms with Gasteiger partial charge in [-0.2, -0.15) is 0 Å². The lowest BCUT2D eigenvalue weighted by atomic mass is 10.1. The van der Waals surface area contributed by atoms with Crippen LogP contribution >= 0.6 is 0 Å². The molecule has 1 unspecified atom stereocenters. The second-order valence-corrected chi connectivity index (χ2v) is 3.06. The molecule has 0 radical (unpaired) electrons. The first kappa shape index (κ1) is 12.4. The van der Waals surface area contributed by atoms with Crippen molar-refractivity contribution in [3.63, 3.8) is 0 Å². The van der Waals surface area contributed by atoms with E-state index >= 15 is 0 Å². The lowest BCUT2D eigenvalue weighted by molar-refractivity contribution is -0.141. The molecule has 0 amide bonds. The number of carbonyl (C=O) groups is 2. The number of carboxylic acids is 2. The molecule has 4 heteroatoms. The predicted octanol–water partition coefficient (Wildman–Crippen LogP) is 1.68. The van der Waals surface area contributed by atoms with Crippen LogP contribution in [-0.2, 0) is 9.59 Å². The molecule has 0 fully saturated rings. The Hall–Kier alpha value is -1.58. The monoisotopic (exact) mass is 198 g/mol. The summed E-state index contributed by atoms with van der Waals surface area (Å²) >= 11 is 0. The summed E-state index contributed by atoms with van der Waals surface area (Å²) < 4.78 is 0. The molecule has 0 bridgehead atoms. The van der Waals surface area contributed by atoms with Crippen LogP contribution in [0.3, 0.4) is 0 Å². The normalized spacial score (nSPS) is 14.3. The van der Waals surface area contributed by atoms with Crippen molar-refractivity contribution in [3.8, 4) is 0 Å². The second kappa shape index (κ2) is 5.96. The third kappa shape index (κ3) is 5.13. The summed E-state index contributed by atoms with van der Waals surface area (Å²) in [6, 6.07) is 0. The fourth-order valence-corrected chi connectivity index (χ4v) is 0.667. The van der Waals surface area contributed by atoms with Gasteiger partial charge in [0.25, 0.3) is 0 Å². The molecule has 0 spiro atoms. The van der Waals surface area contributed by atoms with Crippen LogP contribution < -0.4 is 0 Å². The maximum atomic E-state index is 10.4. The van der Waals surface area contributed by atoms with Gasteiger partial charge in [-0.1, -0.05) is 25.2 Å². The first-order valence-electron chi connectivity index (χ1n) is 4.24. The SMILES string of the molecule is CC(=CC=CCC(C)C(=O)O)C(=O)O. The van der Waals surface area contributed by atoms with Crippen LogP contribution in [0.1, 0.15) is 20.3 Å². The highest BCUT2D eigenvalue weighted by Crippen LogP contribution is 2.03. The van der Waals surface area contributed by atoms with Gasteiger partial charge in [-0.15, -0.1) is 0 Å². The molecular formula is C10H14O4. The summed E-state index contributed by atoms with van der Waals surface area (Å²) in [5.74, 6) is -2.26. The van der Waals surface area contributed by atoms with Gasteiger partial charge >= 0.3 is 11.9 Å². The van der Waals surface area contributed by atoms with Crippen molar-refractivity contribution in [3.05, 3.63) is 23.8 Å². The van der Waals surface area contributed by atoms with Gasteiger partial charge in [0.1, 0.15) is 0 Å². The largest absolute Gasteiger partial charge is 0.481 e. The van der Waals surface area contributed by atoms with Crippen molar-refractivity contribution in [2.24, 2.45) is 5.92 Å². The molecule has 2 N–H and O–H groups in total. The molecule has 4 nitrogen and oxygen atoms in total. The molecule has 0 aromatic rings. The number of aliphatic carboxylic acids is 2. The minimum absolute atomic E-state index is 0.226. The highest BCUT2D eigenvalue weighted by molar-refractivity contribution is 5.86. The Morgan fingerprint density at radius 3 is 2.36 bits per heavy atom. The number of rotatable bonds is 5. The van der Waals surface area contributed by atoms with Crippen molar-refractivity contribution in [1.29, 1.82) is 0 Å². The Balaban J connectivity index is 4.03. The third-order valence-corrected chi connectivity index (χ3v) is 1.73. The summed E-state index contributed by atoms with van der Waals surface area (Å²) in [6.07, 6.45) is 5.05. The zero-order valence-electron chi connectivity index (χ0n) is 8.23. The third-order valence-electron chi connectivity index (χ3n) is 1.73. The minimum Gasteiger partial charge on any atom is -0.481 e. The van der Waals surface area contributed by atoms with E-state index in [1.54, 1.807) is 19.1 Å². The predicted molar refractivity (Wildman–Crippen MR) is 51.9 cm³/mol. The second-order valence-electron chi connectivity index (χ2n) is 3.06. The molecule has 0 saturated heterocycles. The first-order valence-corrected chi connectivity index (χ1v) is 4.24. The zero-order chi connectivity index (χ0) is 11.1. The molecular weight excluding hydrogens is 184 g/mol. The maximum Gasteiger partial charge on any atom is 0.331 e. The molecule has 0 aliphatic rings. The van der Waals surface area contributed by atoms with E-state index in [2.05, 4.69) is 0 Å². The molecule has 0 aromatic heterocycles.